The molecule has 2 amide bonds. The van der Waals surface area contributed by atoms with Crippen LogP contribution < -0.4 is 24.4 Å². The average Bonchev–Trinajstić information content (AvgIpc) is 2.77. The van der Waals surface area contributed by atoms with E-state index >= 15 is 0 Å². The molecule has 1 aliphatic heterocycles. The van der Waals surface area contributed by atoms with Crippen LogP contribution in [0.5, 0.6) is 17.2 Å². The van der Waals surface area contributed by atoms with Gasteiger partial charge in [-0.2, -0.15) is 0 Å². The van der Waals surface area contributed by atoms with Gasteiger partial charge >= 0.3 is 6.03 Å². The van der Waals surface area contributed by atoms with Gasteiger partial charge < -0.3 is 29.3 Å². The van der Waals surface area contributed by atoms with Gasteiger partial charge in [0.2, 0.25) is 11.7 Å². The van der Waals surface area contributed by atoms with Crippen LogP contribution >= 0.6 is 0 Å². The molecule has 9 heteroatoms. The molecule has 0 saturated carbocycles. The van der Waals surface area contributed by atoms with E-state index in [1.165, 1.54) is 0 Å². The Morgan fingerprint density at radius 3 is 2.03 bits per heavy atom. The van der Waals surface area contributed by atoms with E-state index in [9.17, 15) is 4.79 Å². The molecule has 0 spiro atoms. The number of hydrogen-bond acceptors (Lipinski definition) is 7. The molecule has 1 saturated heterocycles. The minimum atomic E-state index is -0.169. The van der Waals surface area contributed by atoms with Crippen LogP contribution in [-0.2, 0) is 0 Å². The van der Waals surface area contributed by atoms with Gasteiger partial charge in [0.1, 0.15) is 0 Å². The number of nitrogens with one attached hydrogen (secondary N) is 1. The summed E-state index contributed by atoms with van der Waals surface area (Å²) >= 11 is 0. The van der Waals surface area contributed by atoms with E-state index < -0.39 is 0 Å². The number of ether oxygens (including phenoxy) is 3. The van der Waals surface area contributed by atoms with Crippen molar-refractivity contribution in [2.24, 2.45) is 0 Å². The second-order valence-corrected chi connectivity index (χ2v) is 6.55. The van der Waals surface area contributed by atoms with E-state index in [0.29, 0.717) is 74.9 Å². The molecule has 0 aliphatic carbocycles. The zero-order valence-electron chi connectivity index (χ0n) is 17.8. The molecule has 0 atom stereocenters. The fourth-order valence-corrected chi connectivity index (χ4v) is 3.23. The van der Waals surface area contributed by atoms with Crippen molar-refractivity contribution in [3.63, 3.8) is 0 Å². The van der Waals surface area contributed by atoms with Gasteiger partial charge in [0.05, 0.1) is 25.5 Å². The quantitative estimate of drug-likeness (QED) is 0.709. The Bertz CT molecular complexity index is 798. The molecular formula is C21H29N5O4. The summed E-state index contributed by atoms with van der Waals surface area (Å²) < 4.78 is 17.1. The maximum Gasteiger partial charge on any atom is 0.321 e. The molecule has 1 aromatic carbocycles. The molecule has 1 fully saturated rings. The largest absolute Gasteiger partial charge is 0.490 e. The second kappa shape index (κ2) is 10.5. The van der Waals surface area contributed by atoms with E-state index in [1.54, 1.807) is 35.5 Å². The number of anilines is 2. The molecule has 0 unspecified atom stereocenters. The molecule has 0 radical (unpaired) electrons. The van der Waals surface area contributed by atoms with E-state index in [1.807, 2.05) is 20.8 Å². The molecule has 162 valence electrons. The lowest BCUT2D eigenvalue weighted by atomic mass is 10.2. The second-order valence-electron chi connectivity index (χ2n) is 6.55. The van der Waals surface area contributed by atoms with Crippen molar-refractivity contribution in [1.82, 2.24) is 14.9 Å². The number of amides is 2. The van der Waals surface area contributed by atoms with Crippen molar-refractivity contribution in [3.05, 3.63) is 30.6 Å². The monoisotopic (exact) mass is 415 g/mol. The first kappa shape index (κ1) is 21.5. The van der Waals surface area contributed by atoms with Crippen LogP contribution in [0, 0.1) is 0 Å². The number of rotatable bonds is 8. The summed E-state index contributed by atoms with van der Waals surface area (Å²) in [5.41, 5.74) is 0.601. The highest BCUT2D eigenvalue weighted by molar-refractivity contribution is 5.90. The number of piperazine rings is 1. The average molecular weight is 415 g/mol. The third-order valence-corrected chi connectivity index (χ3v) is 4.56. The van der Waals surface area contributed by atoms with Crippen LogP contribution in [0.1, 0.15) is 20.8 Å². The SMILES string of the molecule is CCOc1cc(NC(=O)N2CCN(c3ncccn3)CC2)cc(OCC)c1OCC. The number of carbonyl (C=O) groups excluding carboxylic acids is 1. The molecule has 1 N–H and O–H groups in total. The molecule has 1 aromatic heterocycles. The van der Waals surface area contributed by atoms with Gasteiger partial charge in [-0.3, -0.25) is 0 Å². The Balaban J connectivity index is 1.68. The minimum absolute atomic E-state index is 0.169. The Hall–Kier alpha value is -3.23. The van der Waals surface area contributed by atoms with E-state index in [0.717, 1.165) is 0 Å². The van der Waals surface area contributed by atoms with Gasteiger partial charge in [-0.05, 0) is 26.8 Å². The van der Waals surface area contributed by atoms with Crippen LogP contribution in [0.15, 0.2) is 30.6 Å². The first-order chi connectivity index (χ1) is 14.7. The first-order valence-corrected chi connectivity index (χ1v) is 10.3. The normalized spacial score (nSPS) is 13.7. The van der Waals surface area contributed by atoms with Crippen LogP contribution in [-0.4, -0.2) is 66.9 Å². The van der Waals surface area contributed by atoms with Gasteiger partial charge in [-0.1, -0.05) is 0 Å². The Kier molecular flexibility index (Phi) is 7.53. The highest BCUT2D eigenvalue weighted by Gasteiger charge is 2.23. The Morgan fingerprint density at radius 1 is 0.933 bits per heavy atom. The summed E-state index contributed by atoms with van der Waals surface area (Å²) in [5, 5.41) is 2.95. The van der Waals surface area contributed by atoms with Gasteiger partial charge in [-0.25, -0.2) is 14.8 Å². The number of aromatic nitrogens is 2. The summed E-state index contributed by atoms with van der Waals surface area (Å²) in [4.78, 5) is 25.2. The van der Waals surface area contributed by atoms with Crippen molar-refractivity contribution < 1.29 is 19.0 Å². The smallest absolute Gasteiger partial charge is 0.321 e. The molecular weight excluding hydrogens is 386 g/mol. The summed E-state index contributed by atoms with van der Waals surface area (Å²) in [6, 6.07) is 5.15. The van der Waals surface area contributed by atoms with Crippen LogP contribution in [0.25, 0.3) is 0 Å². The molecule has 3 rings (SSSR count). The van der Waals surface area contributed by atoms with Crippen molar-refractivity contribution in [3.8, 4) is 17.2 Å². The summed E-state index contributed by atoms with van der Waals surface area (Å²) in [5.74, 6) is 2.33. The maximum absolute atomic E-state index is 12.8. The molecule has 2 aromatic rings. The fourth-order valence-electron chi connectivity index (χ4n) is 3.23. The molecule has 30 heavy (non-hydrogen) atoms. The van der Waals surface area contributed by atoms with Crippen molar-refractivity contribution in [2.75, 3.05) is 56.2 Å². The van der Waals surface area contributed by atoms with Gasteiger partial charge in [0.15, 0.2) is 11.5 Å². The molecule has 2 heterocycles. The molecule has 1 aliphatic rings. The highest BCUT2D eigenvalue weighted by atomic mass is 16.5. The third-order valence-electron chi connectivity index (χ3n) is 4.56. The molecule has 0 bridgehead atoms. The Labute approximate surface area is 177 Å². The fraction of sp³-hybridized carbons (Fsp3) is 0.476. The predicted molar refractivity (Wildman–Crippen MR) is 115 cm³/mol. The third kappa shape index (κ3) is 5.22. The number of benzene rings is 1. The van der Waals surface area contributed by atoms with Crippen LogP contribution in [0.2, 0.25) is 0 Å². The minimum Gasteiger partial charge on any atom is -0.490 e. The lowest BCUT2D eigenvalue weighted by Gasteiger charge is -2.34. The Morgan fingerprint density at radius 2 is 1.50 bits per heavy atom. The predicted octanol–water partition coefficient (Wildman–Crippen LogP) is 3.03. The van der Waals surface area contributed by atoms with Crippen LogP contribution in [0.3, 0.4) is 0 Å². The van der Waals surface area contributed by atoms with Crippen molar-refractivity contribution >= 4 is 17.7 Å². The van der Waals surface area contributed by atoms with Gasteiger partial charge in [0.25, 0.3) is 0 Å². The van der Waals surface area contributed by atoms with E-state index in [4.69, 9.17) is 14.2 Å². The summed E-state index contributed by atoms with van der Waals surface area (Å²) in [6.07, 6.45) is 3.44. The van der Waals surface area contributed by atoms with Crippen LogP contribution in [0.4, 0.5) is 16.4 Å². The number of hydrogen-bond donors (Lipinski definition) is 1. The number of nitrogens with zero attached hydrogens (tertiary/aromatic N) is 4. The van der Waals surface area contributed by atoms with E-state index in [-0.39, 0.29) is 6.03 Å². The maximum atomic E-state index is 12.8. The van der Waals surface area contributed by atoms with Crippen molar-refractivity contribution in [1.29, 1.82) is 0 Å². The summed E-state index contributed by atoms with van der Waals surface area (Å²) in [6.45, 7) is 9.66. The molecule has 9 nitrogen and oxygen atoms in total. The topological polar surface area (TPSA) is 89.1 Å². The highest BCUT2D eigenvalue weighted by Crippen LogP contribution is 2.40. The van der Waals surface area contributed by atoms with E-state index in [2.05, 4.69) is 20.2 Å². The van der Waals surface area contributed by atoms with Gasteiger partial charge in [0, 0.05) is 50.7 Å². The number of carbonyl (C=O) groups is 1. The first-order valence-electron chi connectivity index (χ1n) is 10.3. The lowest BCUT2D eigenvalue weighted by molar-refractivity contribution is 0.208. The zero-order valence-corrected chi connectivity index (χ0v) is 17.8. The standard InChI is InChI=1S/C21H29N5O4/c1-4-28-17-14-16(15-18(29-5-2)19(17)30-6-3)24-21(27)26-12-10-25(11-13-26)20-22-8-7-9-23-20/h7-9,14-15H,4-6,10-13H2,1-3H3,(H,24,27). The summed E-state index contributed by atoms with van der Waals surface area (Å²) in [7, 11) is 0. The van der Waals surface area contributed by atoms with Gasteiger partial charge in [-0.15, -0.1) is 0 Å². The number of urea groups is 1. The lowest BCUT2D eigenvalue weighted by Crippen LogP contribution is -2.50. The van der Waals surface area contributed by atoms with Crippen molar-refractivity contribution in [2.45, 2.75) is 20.8 Å². The zero-order chi connectivity index (χ0) is 21.3.